The van der Waals surface area contributed by atoms with Gasteiger partial charge in [0.25, 0.3) is 0 Å². The molecule has 0 radical (unpaired) electrons. The molecule has 3 aromatic rings. The van der Waals surface area contributed by atoms with E-state index < -0.39 is 21.8 Å². The Kier molecular flexibility index (Phi) is 8.12. The molecular formula is C27H31NO5S. The van der Waals surface area contributed by atoms with Crippen LogP contribution in [0.15, 0.2) is 83.8 Å². The maximum Gasteiger partial charge on any atom is 0.339 e. The fourth-order valence-corrected chi connectivity index (χ4v) is 4.18. The molecule has 0 aliphatic heterocycles. The van der Waals surface area contributed by atoms with Gasteiger partial charge in [-0.25, -0.2) is 0 Å². The lowest BCUT2D eigenvalue weighted by Crippen LogP contribution is -2.42. The summed E-state index contributed by atoms with van der Waals surface area (Å²) in [6.45, 7) is 7.90. The number of carbonyl (C=O) groups is 1. The molecule has 1 atom stereocenters. The van der Waals surface area contributed by atoms with Gasteiger partial charge in [0.2, 0.25) is 0 Å². The van der Waals surface area contributed by atoms with Gasteiger partial charge in [-0.2, -0.15) is 8.42 Å². The number of benzene rings is 3. The molecule has 0 amide bonds. The third-order valence-electron chi connectivity index (χ3n) is 4.97. The molecule has 1 unspecified atom stereocenters. The van der Waals surface area contributed by atoms with Crippen LogP contribution < -0.4 is 9.50 Å². The molecule has 0 aliphatic carbocycles. The van der Waals surface area contributed by atoms with Crippen molar-refractivity contribution >= 4 is 16.1 Å². The minimum absolute atomic E-state index is 0.0947. The monoisotopic (exact) mass is 481 g/mol. The summed E-state index contributed by atoms with van der Waals surface area (Å²) in [6.07, 6.45) is 0.382. The van der Waals surface area contributed by atoms with E-state index in [1.807, 2.05) is 58.0 Å². The van der Waals surface area contributed by atoms with Crippen LogP contribution in [0.5, 0.6) is 5.75 Å². The number of aryl methyl sites for hydroxylation is 1. The largest absolute Gasteiger partial charge is 0.459 e. The molecule has 7 heteroatoms. The van der Waals surface area contributed by atoms with Crippen LogP contribution in [0.2, 0.25) is 0 Å². The van der Waals surface area contributed by atoms with Crippen LogP contribution in [0.3, 0.4) is 0 Å². The van der Waals surface area contributed by atoms with Crippen LogP contribution in [0.25, 0.3) is 0 Å². The van der Waals surface area contributed by atoms with Crippen LogP contribution in [0.4, 0.5) is 0 Å². The van der Waals surface area contributed by atoms with E-state index in [4.69, 9.17) is 8.92 Å². The molecule has 0 bridgehead atoms. The Morgan fingerprint density at radius 3 is 2.09 bits per heavy atom. The minimum Gasteiger partial charge on any atom is -0.459 e. The summed E-state index contributed by atoms with van der Waals surface area (Å²) < 4.78 is 35.9. The van der Waals surface area contributed by atoms with Gasteiger partial charge >= 0.3 is 16.1 Å². The quantitative estimate of drug-likeness (QED) is 0.349. The first kappa shape index (κ1) is 25.5. The van der Waals surface area contributed by atoms with Crippen LogP contribution in [0.1, 0.15) is 37.5 Å². The van der Waals surface area contributed by atoms with Crippen molar-refractivity contribution in [2.45, 2.75) is 57.2 Å². The lowest BCUT2D eigenvalue weighted by molar-refractivity contribution is -0.157. The van der Waals surface area contributed by atoms with E-state index in [0.29, 0.717) is 13.0 Å². The number of nitrogens with one attached hydrogen (secondary N) is 1. The second-order valence-corrected chi connectivity index (χ2v) is 10.7. The fraction of sp³-hybridized carbons (Fsp3) is 0.296. The normalized spacial score (nSPS) is 12.7. The third kappa shape index (κ3) is 7.71. The average Bonchev–Trinajstić information content (AvgIpc) is 2.77. The van der Waals surface area contributed by atoms with Gasteiger partial charge in [-0.1, -0.05) is 60.2 Å². The predicted molar refractivity (Wildman–Crippen MR) is 132 cm³/mol. The molecule has 34 heavy (non-hydrogen) atoms. The highest BCUT2D eigenvalue weighted by Gasteiger charge is 2.25. The zero-order chi connectivity index (χ0) is 24.8. The van der Waals surface area contributed by atoms with E-state index in [-0.39, 0.29) is 16.6 Å². The van der Waals surface area contributed by atoms with E-state index in [0.717, 1.165) is 16.7 Å². The lowest BCUT2D eigenvalue weighted by atomic mass is 10.0. The molecule has 6 nitrogen and oxygen atoms in total. The molecule has 1 N–H and O–H groups in total. The highest BCUT2D eigenvalue weighted by Crippen LogP contribution is 2.21. The summed E-state index contributed by atoms with van der Waals surface area (Å²) in [5.74, 6) is -0.138. The Hall–Kier alpha value is -3.16. The van der Waals surface area contributed by atoms with Gasteiger partial charge in [0.05, 0.1) is 0 Å². The summed E-state index contributed by atoms with van der Waals surface area (Å²) >= 11 is 0. The zero-order valence-electron chi connectivity index (χ0n) is 19.9. The summed E-state index contributed by atoms with van der Waals surface area (Å²) in [4.78, 5) is 12.9. The van der Waals surface area contributed by atoms with Gasteiger partial charge in [-0.15, -0.1) is 0 Å². The first-order valence-electron chi connectivity index (χ1n) is 11.1. The Bertz CT molecular complexity index is 1180. The van der Waals surface area contributed by atoms with Gasteiger partial charge in [-0.3, -0.25) is 4.79 Å². The van der Waals surface area contributed by atoms with E-state index in [9.17, 15) is 13.2 Å². The van der Waals surface area contributed by atoms with Crippen LogP contribution in [-0.2, 0) is 32.6 Å². The fourth-order valence-electron chi connectivity index (χ4n) is 3.25. The molecule has 0 fully saturated rings. The molecule has 0 spiro atoms. The maximum atomic E-state index is 12.8. The van der Waals surface area contributed by atoms with Crippen molar-refractivity contribution in [1.82, 2.24) is 5.32 Å². The summed E-state index contributed by atoms with van der Waals surface area (Å²) in [5.41, 5.74) is 2.26. The minimum atomic E-state index is -3.93. The summed E-state index contributed by atoms with van der Waals surface area (Å²) in [7, 11) is -3.93. The van der Waals surface area contributed by atoms with Crippen molar-refractivity contribution in [3.05, 3.63) is 95.6 Å². The maximum absolute atomic E-state index is 12.8. The Morgan fingerprint density at radius 1 is 0.882 bits per heavy atom. The van der Waals surface area contributed by atoms with Gasteiger partial charge < -0.3 is 14.2 Å². The Labute approximate surface area is 202 Å². The second-order valence-electron chi connectivity index (χ2n) is 9.15. The Balaban J connectivity index is 1.70. The first-order valence-corrected chi connectivity index (χ1v) is 12.5. The molecule has 3 rings (SSSR count). The van der Waals surface area contributed by atoms with Crippen LogP contribution in [-0.4, -0.2) is 26.0 Å². The molecule has 0 heterocycles. The number of hydrogen-bond acceptors (Lipinski definition) is 6. The van der Waals surface area contributed by atoms with Crippen LogP contribution in [0, 0.1) is 6.92 Å². The highest BCUT2D eigenvalue weighted by molar-refractivity contribution is 7.87. The Morgan fingerprint density at radius 2 is 1.50 bits per heavy atom. The van der Waals surface area contributed by atoms with Crippen molar-refractivity contribution < 1.29 is 22.1 Å². The SMILES string of the molecule is Cc1ccc(S(=O)(=O)Oc2ccc(CC(NCc3ccccc3)C(=O)OC(C)(C)C)cc2)cc1. The number of ether oxygens (including phenoxy) is 1. The van der Waals surface area contributed by atoms with Gasteiger partial charge in [-0.05, 0) is 69.5 Å². The van der Waals surface area contributed by atoms with Crippen molar-refractivity contribution in [3.63, 3.8) is 0 Å². The zero-order valence-corrected chi connectivity index (χ0v) is 20.8. The number of hydrogen-bond donors (Lipinski definition) is 1. The van der Waals surface area contributed by atoms with Crippen molar-refractivity contribution in [3.8, 4) is 5.75 Å². The van der Waals surface area contributed by atoms with Crippen molar-refractivity contribution in [2.24, 2.45) is 0 Å². The standard InChI is InChI=1S/C27H31NO5S/c1-20-10-16-24(17-11-20)34(30,31)33-23-14-12-21(13-15-23)18-25(26(29)32-27(2,3)4)28-19-22-8-6-5-7-9-22/h5-17,25,28H,18-19H2,1-4H3. The first-order chi connectivity index (χ1) is 16.0. The predicted octanol–water partition coefficient (Wildman–Crippen LogP) is 4.81. The molecule has 180 valence electrons. The van der Waals surface area contributed by atoms with Crippen molar-refractivity contribution in [1.29, 1.82) is 0 Å². The van der Waals surface area contributed by atoms with Gasteiger partial charge in [0.1, 0.15) is 22.3 Å². The number of rotatable bonds is 9. The van der Waals surface area contributed by atoms with Crippen LogP contribution >= 0.6 is 0 Å². The van der Waals surface area contributed by atoms with Crippen molar-refractivity contribution in [2.75, 3.05) is 0 Å². The number of carbonyl (C=O) groups excluding carboxylic acids is 1. The van der Waals surface area contributed by atoms with E-state index >= 15 is 0 Å². The second kappa shape index (κ2) is 10.8. The average molecular weight is 482 g/mol. The molecule has 0 aliphatic rings. The highest BCUT2D eigenvalue weighted by atomic mass is 32.2. The third-order valence-corrected chi connectivity index (χ3v) is 6.23. The molecule has 0 saturated heterocycles. The van der Waals surface area contributed by atoms with Gasteiger partial charge in [0, 0.05) is 6.54 Å². The summed E-state index contributed by atoms with van der Waals surface area (Å²) in [5, 5.41) is 3.28. The molecule has 0 saturated carbocycles. The van der Waals surface area contributed by atoms with E-state index in [1.165, 1.54) is 12.1 Å². The smallest absolute Gasteiger partial charge is 0.339 e. The molecule has 3 aromatic carbocycles. The topological polar surface area (TPSA) is 81.7 Å². The van der Waals surface area contributed by atoms with E-state index in [1.54, 1.807) is 36.4 Å². The van der Waals surface area contributed by atoms with Gasteiger partial charge in [0.15, 0.2) is 0 Å². The van der Waals surface area contributed by atoms with E-state index in [2.05, 4.69) is 5.32 Å². The lowest BCUT2D eigenvalue weighted by Gasteiger charge is -2.25. The molecule has 0 aromatic heterocycles. The number of esters is 1. The molecular weight excluding hydrogens is 450 g/mol. The summed E-state index contributed by atoms with van der Waals surface area (Å²) in [6, 6.07) is 22.4.